The van der Waals surface area contributed by atoms with Crippen LogP contribution in [0.25, 0.3) is 0 Å². The van der Waals surface area contributed by atoms with E-state index < -0.39 is 11.9 Å². The molecule has 22 heavy (non-hydrogen) atoms. The summed E-state index contributed by atoms with van der Waals surface area (Å²) in [6.07, 6.45) is 2.21. The second-order valence-corrected chi connectivity index (χ2v) is 5.64. The van der Waals surface area contributed by atoms with Crippen LogP contribution in [0.5, 0.6) is 0 Å². The van der Waals surface area contributed by atoms with E-state index in [2.05, 4.69) is 11.4 Å². The molecule has 1 heterocycles. The Hall–Kier alpha value is -1.88. The third-order valence-corrected chi connectivity index (χ3v) is 4.00. The molecule has 0 spiro atoms. The van der Waals surface area contributed by atoms with E-state index in [1.54, 1.807) is 0 Å². The molecule has 0 fully saturated rings. The molecule has 0 saturated heterocycles. The van der Waals surface area contributed by atoms with Gasteiger partial charge < -0.3 is 15.2 Å². The number of aliphatic carboxylic acids is 1. The fourth-order valence-corrected chi connectivity index (χ4v) is 2.78. The van der Waals surface area contributed by atoms with Crippen LogP contribution in [0.1, 0.15) is 43.4 Å². The number of carbonyl (C=O) groups is 2. The Morgan fingerprint density at radius 2 is 2.18 bits per heavy atom. The van der Waals surface area contributed by atoms with Crippen LogP contribution in [0.15, 0.2) is 24.3 Å². The molecule has 5 nitrogen and oxygen atoms in total. The maximum atomic E-state index is 12.1. The van der Waals surface area contributed by atoms with Gasteiger partial charge in [-0.2, -0.15) is 0 Å². The minimum Gasteiger partial charge on any atom is -0.481 e. The zero-order valence-electron chi connectivity index (χ0n) is 12.9. The van der Waals surface area contributed by atoms with Gasteiger partial charge in [0.2, 0.25) is 5.91 Å². The lowest BCUT2D eigenvalue weighted by Gasteiger charge is -2.25. The molecule has 1 aliphatic rings. The van der Waals surface area contributed by atoms with Crippen molar-refractivity contribution in [1.82, 2.24) is 5.32 Å². The largest absolute Gasteiger partial charge is 0.481 e. The highest BCUT2D eigenvalue weighted by molar-refractivity contribution is 5.78. The standard InChI is InChI=1S/C17H23NO4/c1-2-5-13(17(20)21)11-18-16(19)10-15-14-7-4-3-6-12(14)8-9-22-15/h3-4,6-7,13,15H,2,5,8-11H2,1H3,(H,18,19)(H,20,21). The van der Waals surface area contributed by atoms with E-state index in [-0.39, 0.29) is 25.0 Å². The summed E-state index contributed by atoms with van der Waals surface area (Å²) in [6.45, 7) is 2.73. The summed E-state index contributed by atoms with van der Waals surface area (Å²) in [5.74, 6) is -1.54. The van der Waals surface area contributed by atoms with Gasteiger partial charge in [0.05, 0.1) is 25.0 Å². The number of carboxylic acids is 1. The number of hydrogen-bond donors (Lipinski definition) is 2. The van der Waals surface area contributed by atoms with Gasteiger partial charge in [-0.25, -0.2) is 0 Å². The van der Waals surface area contributed by atoms with Crippen LogP contribution in [-0.4, -0.2) is 30.1 Å². The van der Waals surface area contributed by atoms with Crippen LogP contribution < -0.4 is 5.32 Å². The SMILES string of the molecule is CCCC(CNC(=O)CC1OCCc2ccccc21)C(=O)O. The van der Waals surface area contributed by atoms with Crippen molar-refractivity contribution in [2.24, 2.45) is 5.92 Å². The van der Waals surface area contributed by atoms with Crippen LogP contribution in [0.2, 0.25) is 0 Å². The molecular weight excluding hydrogens is 282 g/mol. The quantitative estimate of drug-likeness (QED) is 0.810. The van der Waals surface area contributed by atoms with Gasteiger partial charge in [-0.05, 0) is 24.0 Å². The van der Waals surface area contributed by atoms with Crippen molar-refractivity contribution in [2.45, 2.75) is 38.7 Å². The van der Waals surface area contributed by atoms with Crippen molar-refractivity contribution in [2.75, 3.05) is 13.2 Å². The molecular formula is C17H23NO4. The molecule has 1 aromatic rings. The number of ether oxygens (including phenoxy) is 1. The minimum absolute atomic E-state index is 0.163. The van der Waals surface area contributed by atoms with Crippen molar-refractivity contribution >= 4 is 11.9 Å². The van der Waals surface area contributed by atoms with Crippen LogP contribution in [0, 0.1) is 5.92 Å². The van der Waals surface area contributed by atoms with Crippen LogP contribution >= 0.6 is 0 Å². The molecule has 0 aromatic heterocycles. The number of carboxylic acid groups (broad SMARTS) is 1. The number of hydrogen-bond acceptors (Lipinski definition) is 3. The fourth-order valence-electron chi connectivity index (χ4n) is 2.78. The predicted octanol–water partition coefficient (Wildman–Crippen LogP) is 2.31. The highest BCUT2D eigenvalue weighted by Gasteiger charge is 2.24. The first-order valence-electron chi connectivity index (χ1n) is 7.80. The topological polar surface area (TPSA) is 75.6 Å². The zero-order valence-corrected chi connectivity index (χ0v) is 12.9. The third kappa shape index (κ3) is 4.31. The molecule has 0 aliphatic carbocycles. The monoisotopic (exact) mass is 305 g/mol. The van der Waals surface area contributed by atoms with E-state index in [1.807, 2.05) is 25.1 Å². The van der Waals surface area contributed by atoms with Gasteiger partial charge in [-0.15, -0.1) is 0 Å². The average molecular weight is 305 g/mol. The Bertz CT molecular complexity index is 529. The van der Waals surface area contributed by atoms with E-state index in [1.165, 1.54) is 5.56 Å². The molecule has 2 rings (SSSR count). The van der Waals surface area contributed by atoms with E-state index in [4.69, 9.17) is 9.84 Å². The van der Waals surface area contributed by atoms with E-state index in [0.29, 0.717) is 13.0 Å². The summed E-state index contributed by atoms with van der Waals surface area (Å²) in [5, 5.41) is 11.8. The normalized spacial score (nSPS) is 18.3. The lowest BCUT2D eigenvalue weighted by Crippen LogP contribution is -2.34. The highest BCUT2D eigenvalue weighted by Crippen LogP contribution is 2.29. The molecule has 2 unspecified atom stereocenters. The summed E-state index contributed by atoms with van der Waals surface area (Å²) in [4.78, 5) is 23.1. The van der Waals surface area contributed by atoms with E-state index in [0.717, 1.165) is 18.4 Å². The first kappa shape index (κ1) is 16.5. The van der Waals surface area contributed by atoms with Gasteiger partial charge in [0.25, 0.3) is 0 Å². The Morgan fingerprint density at radius 1 is 1.41 bits per heavy atom. The molecule has 120 valence electrons. The number of nitrogens with one attached hydrogen (secondary N) is 1. The predicted molar refractivity (Wildman–Crippen MR) is 82.5 cm³/mol. The molecule has 5 heteroatoms. The number of amides is 1. The van der Waals surface area contributed by atoms with Gasteiger partial charge in [0.15, 0.2) is 0 Å². The van der Waals surface area contributed by atoms with Crippen LogP contribution in [0.4, 0.5) is 0 Å². The average Bonchev–Trinajstić information content (AvgIpc) is 2.51. The van der Waals surface area contributed by atoms with Gasteiger partial charge in [0.1, 0.15) is 0 Å². The van der Waals surface area contributed by atoms with Crippen molar-refractivity contribution < 1.29 is 19.4 Å². The lowest BCUT2D eigenvalue weighted by atomic mass is 9.95. The van der Waals surface area contributed by atoms with Gasteiger partial charge >= 0.3 is 5.97 Å². The Kier molecular flexibility index (Phi) is 5.95. The summed E-state index contributed by atoms with van der Waals surface area (Å²) in [5.41, 5.74) is 2.29. The van der Waals surface area contributed by atoms with E-state index >= 15 is 0 Å². The van der Waals surface area contributed by atoms with E-state index in [9.17, 15) is 9.59 Å². The van der Waals surface area contributed by atoms with Crippen molar-refractivity contribution in [3.05, 3.63) is 35.4 Å². The number of rotatable bonds is 7. The first-order valence-corrected chi connectivity index (χ1v) is 7.80. The molecule has 1 aliphatic heterocycles. The second kappa shape index (κ2) is 7.94. The number of carbonyl (C=O) groups excluding carboxylic acids is 1. The van der Waals surface area contributed by atoms with Crippen molar-refractivity contribution in [3.63, 3.8) is 0 Å². The molecule has 1 aromatic carbocycles. The molecule has 2 atom stereocenters. The molecule has 1 amide bonds. The Balaban J connectivity index is 1.89. The first-order chi connectivity index (χ1) is 10.6. The Morgan fingerprint density at radius 3 is 2.91 bits per heavy atom. The number of benzene rings is 1. The maximum Gasteiger partial charge on any atom is 0.308 e. The van der Waals surface area contributed by atoms with Gasteiger partial charge in [-0.1, -0.05) is 37.6 Å². The second-order valence-electron chi connectivity index (χ2n) is 5.64. The van der Waals surface area contributed by atoms with Crippen molar-refractivity contribution in [3.8, 4) is 0 Å². The van der Waals surface area contributed by atoms with Crippen molar-refractivity contribution in [1.29, 1.82) is 0 Å². The van der Waals surface area contributed by atoms with Crippen LogP contribution in [0.3, 0.4) is 0 Å². The molecule has 0 radical (unpaired) electrons. The molecule has 0 bridgehead atoms. The fraction of sp³-hybridized carbons (Fsp3) is 0.529. The maximum absolute atomic E-state index is 12.1. The molecule has 0 saturated carbocycles. The molecule has 2 N–H and O–H groups in total. The summed E-state index contributed by atoms with van der Waals surface area (Å²) >= 11 is 0. The highest BCUT2D eigenvalue weighted by atomic mass is 16.5. The summed E-state index contributed by atoms with van der Waals surface area (Å²) in [7, 11) is 0. The lowest BCUT2D eigenvalue weighted by molar-refractivity contribution is -0.142. The number of fused-ring (bicyclic) bond motifs is 1. The van der Waals surface area contributed by atoms with Crippen LogP contribution in [-0.2, 0) is 20.7 Å². The van der Waals surface area contributed by atoms with Gasteiger partial charge in [-0.3, -0.25) is 9.59 Å². The Labute approximate surface area is 130 Å². The minimum atomic E-state index is -0.860. The summed E-state index contributed by atoms with van der Waals surface area (Å²) in [6, 6.07) is 7.98. The third-order valence-electron chi connectivity index (χ3n) is 4.00. The smallest absolute Gasteiger partial charge is 0.308 e. The van der Waals surface area contributed by atoms with Gasteiger partial charge in [0, 0.05) is 6.54 Å². The summed E-state index contributed by atoms with van der Waals surface area (Å²) < 4.78 is 5.70. The zero-order chi connectivity index (χ0) is 15.9.